The fraction of sp³-hybridized carbons (Fsp3) is 0.600. The average Bonchev–Trinajstić information content (AvgIpc) is 3.10. The normalized spacial score (nSPS) is 22.2. The molecule has 0 aromatic carbocycles. The largest absolute Gasteiger partial charge is 0.444 e. The van der Waals surface area contributed by atoms with Gasteiger partial charge in [-0.2, -0.15) is 4.98 Å². The van der Waals surface area contributed by atoms with Crippen molar-refractivity contribution in [1.82, 2.24) is 29.5 Å². The van der Waals surface area contributed by atoms with Crippen LogP contribution in [0.3, 0.4) is 0 Å². The van der Waals surface area contributed by atoms with Gasteiger partial charge in [-0.1, -0.05) is 5.16 Å². The average molecular weight is 429 g/mol. The van der Waals surface area contributed by atoms with Crippen LogP contribution in [0.25, 0.3) is 0 Å². The number of ether oxygens (including phenoxy) is 1. The number of piperidine rings is 1. The molecule has 3 atom stereocenters. The molecule has 1 saturated heterocycles. The van der Waals surface area contributed by atoms with Gasteiger partial charge in [-0.15, -0.1) is 0 Å². The van der Waals surface area contributed by atoms with Crippen LogP contribution in [0, 0.1) is 11.8 Å². The molecule has 0 radical (unpaired) electrons. The van der Waals surface area contributed by atoms with Crippen LogP contribution >= 0.6 is 0 Å². The highest BCUT2D eigenvalue weighted by atomic mass is 16.6. The molecule has 4 rings (SSSR count). The lowest BCUT2D eigenvalue weighted by Gasteiger charge is -2.25. The van der Waals surface area contributed by atoms with E-state index in [1.807, 2.05) is 20.8 Å². The summed E-state index contributed by atoms with van der Waals surface area (Å²) in [5.41, 5.74) is -0.163. The second-order valence-corrected chi connectivity index (χ2v) is 9.13. The topological polar surface area (TPSA) is 119 Å². The number of aryl methyl sites for hydroxylation is 1. The molecule has 11 heteroatoms. The predicted octanol–water partition coefficient (Wildman–Crippen LogP) is 1.99. The lowest BCUT2D eigenvalue weighted by atomic mass is 10.2. The second-order valence-electron chi connectivity index (χ2n) is 9.13. The Labute approximate surface area is 180 Å². The summed E-state index contributed by atoms with van der Waals surface area (Å²) in [5.74, 6) is 1.80. The van der Waals surface area contributed by atoms with Gasteiger partial charge in [0.1, 0.15) is 12.1 Å². The number of hydrogen-bond donors (Lipinski definition) is 0. The number of nitrogens with zero attached hydrogens (tertiary/aromatic N) is 7. The Hall–Kier alpha value is -3.24. The molecule has 1 aliphatic heterocycles. The minimum atomic E-state index is -0.507. The van der Waals surface area contributed by atoms with Crippen molar-refractivity contribution in [3.63, 3.8) is 0 Å². The smallest absolute Gasteiger partial charge is 0.410 e. The molecule has 3 heterocycles. The van der Waals surface area contributed by atoms with Crippen LogP contribution in [-0.4, -0.2) is 73.9 Å². The van der Waals surface area contributed by atoms with E-state index in [1.54, 1.807) is 23.6 Å². The molecule has 2 amide bonds. The monoisotopic (exact) mass is 429 g/mol. The number of likely N-dealkylation sites (tertiary alicyclic amines) is 1. The lowest BCUT2D eigenvalue weighted by molar-refractivity contribution is 0.0270. The van der Waals surface area contributed by atoms with Crippen molar-refractivity contribution < 1.29 is 18.8 Å². The van der Waals surface area contributed by atoms with Gasteiger partial charge in [0.2, 0.25) is 5.89 Å². The first-order valence-electron chi connectivity index (χ1n) is 10.1. The molecule has 11 nitrogen and oxygen atoms in total. The SMILES string of the molecule is C=Nc1ncn(C)c1C(=O)N(C)Cc1nc([C@H]2[C@@H]3CN(C(=O)OC(C)(C)C)C[C@@H]32)no1. The summed E-state index contributed by atoms with van der Waals surface area (Å²) in [4.78, 5) is 40.5. The van der Waals surface area contributed by atoms with E-state index in [-0.39, 0.29) is 30.3 Å². The van der Waals surface area contributed by atoms with Gasteiger partial charge in [-0.05, 0) is 39.3 Å². The molecule has 2 aliphatic rings. The van der Waals surface area contributed by atoms with Crippen LogP contribution in [0.4, 0.5) is 10.6 Å². The molecule has 2 aromatic rings. The van der Waals surface area contributed by atoms with Crippen LogP contribution in [0.1, 0.15) is 48.9 Å². The number of fused-ring (bicyclic) bond motifs is 1. The van der Waals surface area contributed by atoms with Gasteiger partial charge in [-0.25, -0.2) is 14.8 Å². The maximum Gasteiger partial charge on any atom is 0.410 e. The molecule has 1 saturated carbocycles. The third-order valence-electron chi connectivity index (χ3n) is 5.62. The third-order valence-corrected chi connectivity index (χ3v) is 5.62. The van der Waals surface area contributed by atoms with E-state index in [2.05, 4.69) is 26.8 Å². The minimum absolute atomic E-state index is 0.166. The molecule has 166 valence electrons. The number of aliphatic imine (C=N–C) groups is 1. The van der Waals surface area contributed by atoms with Gasteiger partial charge in [0.15, 0.2) is 17.3 Å². The van der Waals surface area contributed by atoms with Crippen LogP contribution in [0.2, 0.25) is 0 Å². The Bertz CT molecular complexity index is 1010. The molecule has 0 unspecified atom stereocenters. The van der Waals surface area contributed by atoms with Crippen LogP contribution in [-0.2, 0) is 18.3 Å². The quantitative estimate of drug-likeness (QED) is 0.667. The van der Waals surface area contributed by atoms with Gasteiger partial charge in [0, 0.05) is 33.1 Å². The molecule has 0 N–H and O–H groups in total. The highest BCUT2D eigenvalue weighted by molar-refractivity contribution is 5.96. The van der Waals surface area contributed by atoms with Crippen LogP contribution < -0.4 is 0 Å². The van der Waals surface area contributed by atoms with Crippen molar-refractivity contribution in [3.8, 4) is 0 Å². The first kappa shape index (κ1) is 21.0. The maximum absolute atomic E-state index is 12.8. The van der Waals surface area contributed by atoms with Gasteiger partial charge in [-0.3, -0.25) is 4.79 Å². The van der Waals surface area contributed by atoms with Crippen molar-refractivity contribution in [2.75, 3.05) is 20.1 Å². The molecular weight excluding hydrogens is 402 g/mol. The van der Waals surface area contributed by atoms with E-state index in [0.717, 1.165) is 0 Å². The second kappa shape index (κ2) is 7.47. The number of carbonyl (C=O) groups excluding carboxylic acids is 2. The van der Waals surface area contributed by atoms with Crippen molar-refractivity contribution >= 4 is 24.5 Å². The molecule has 2 aromatic heterocycles. The Morgan fingerprint density at radius 3 is 2.65 bits per heavy atom. The fourth-order valence-corrected chi connectivity index (χ4v) is 4.09. The Balaban J connectivity index is 1.34. The van der Waals surface area contributed by atoms with Gasteiger partial charge in [0.05, 0.1) is 6.33 Å². The maximum atomic E-state index is 12.8. The standard InChI is InChI=1S/C20H27N7O4/c1-20(2,3)30-19(29)27-7-11-12(8-27)14(11)16-23-13(31-24-16)9-25(5)18(28)15-17(21-4)22-10-26(15)6/h10-12,14H,4,7-9H2,1-3,5-6H3/t11-,12+,14+. The molecule has 1 aliphatic carbocycles. The van der Waals surface area contributed by atoms with Gasteiger partial charge < -0.3 is 23.6 Å². The summed E-state index contributed by atoms with van der Waals surface area (Å²) < 4.78 is 12.4. The molecule has 0 spiro atoms. The van der Waals surface area contributed by atoms with Crippen molar-refractivity contribution in [2.24, 2.45) is 23.9 Å². The summed E-state index contributed by atoms with van der Waals surface area (Å²) in [7, 11) is 3.37. The summed E-state index contributed by atoms with van der Waals surface area (Å²) in [5, 5.41) is 4.11. The van der Waals surface area contributed by atoms with Crippen molar-refractivity contribution in [2.45, 2.75) is 38.8 Å². The summed E-state index contributed by atoms with van der Waals surface area (Å²) in [6.07, 6.45) is 1.23. The van der Waals surface area contributed by atoms with Crippen LogP contribution in [0.15, 0.2) is 15.8 Å². The summed E-state index contributed by atoms with van der Waals surface area (Å²) >= 11 is 0. The number of imidazole rings is 1. The minimum Gasteiger partial charge on any atom is -0.444 e. The van der Waals surface area contributed by atoms with E-state index >= 15 is 0 Å². The van der Waals surface area contributed by atoms with Gasteiger partial charge in [0.25, 0.3) is 5.91 Å². The highest BCUT2D eigenvalue weighted by Crippen LogP contribution is 2.57. The van der Waals surface area contributed by atoms with Crippen LogP contribution in [0.5, 0.6) is 0 Å². The zero-order valence-corrected chi connectivity index (χ0v) is 18.4. The highest BCUT2D eigenvalue weighted by Gasteiger charge is 2.59. The zero-order chi connectivity index (χ0) is 22.5. The Morgan fingerprint density at radius 1 is 1.35 bits per heavy atom. The van der Waals surface area contributed by atoms with E-state index < -0.39 is 5.60 Å². The number of carbonyl (C=O) groups is 2. The van der Waals surface area contributed by atoms with Crippen molar-refractivity contribution in [3.05, 3.63) is 23.7 Å². The molecule has 2 fully saturated rings. The molecule has 31 heavy (non-hydrogen) atoms. The fourth-order valence-electron chi connectivity index (χ4n) is 4.09. The predicted molar refractivity (Wildman–Crippen MR) is 110 cm³/mol. The number of aromatic nitrogens is 4. The third kappa shape index (κ3) is 4.04. The first-order chi connectivity index (χ1) is 14.6. The van der Waals surface area contributed by atoms with Gasteiger partial charge >= 0.3 is 6.09 Å². The number of rotatable bonds is 5. The summed E-state index contributed by atoms with van der Waals surface area (Å²) in [6.45, 7) is 10.4. The number of hydrogen-bond acceptors (Lipinski definition) is 8. The van der Waals surface area contributed by atoms with E-state index in [4.69, 9.17) is 9.26 Å². The first-order valence-corrected chi connectivity index (χ1v) is 10.1. The summed E-state index contributed by atoms with van der Waals surface area (Å²) in [6, 6.07) is 0. The van der Waals surface area contributed by atoms with E-state index in [0.29, 0.717) is 42.3 Å². The molecule has 0 bridgehead atoms. The molecular formula is C20H27N7O4. The lowest BCUT2D eigenvalue weighted by Crippen LogP contribution is -2.36. The van der Waals surface area contributed by atoms with E-state index in [9.17, 15) is 9.59 Å². The van der Waals surface area contributed by atoms with E-state index in [1.165, 1.54) is 11.2 Å². The Morgan fingerprint density at radius 2 is 2.03 bits per heavy atom. The zero-order valence-electron chi connectivity index (χ0n) is 18.4. The Kier molecular flexibility index (Phi) is 5.06. The number of amides is 2. The van der Waals surface area contributed by atoms with Crippen molar-refractivity contribution in [1.29, 1.82) is 0 Å².